The first-order chi connectivity index (χ1) is 17.0. The number of primary amides is 1. The Balaban J connectivity index is 1.56. The molecule has 178 valence electrons. The number of carbonyl (C=O) groups is 1. The molecule has 0 aliphatic heterocycles. The molecule has 3 N–H and O–H groups in total. The number of aromatic nitrogens is 4. The lowest BCUT2D eigenvalue weighted by Gasteiger charge is -2.14. The minimum atomic E-state index is -0.518. The van der Waals surface area contributed by atoms with Crippen LogP contribution in [-0.2, 0) is 25.8 Å². The molecule has 0 spiro atoms. The molecule has 8 nitrogen and oxygen atoms in total. The summed E-state index contributed by atoms with van der Waals surface area (Å²) in [7, 11) is 1.62. The third kappa shape index (κ3) is 4.77. The predicted molar refractivity (Wildman–Crippen MR) is 138 cm³/mol. The maximum absolute atomic E-state index is 12.3. The van der Waals surface area contributed by atoms with Gasteiger partial charge in [0.25, 0.3) is 5.91 Å². The van der Waals surface area contributed by atoms with Gasteiger partial charge in [-0.15, -0.1) is 0 Å². The molecule has 9 heteroatoms. The Morgan fingerprint density at radius 2 is 2.03 bits per heavy atom. The Hall–Kier alpha value is -3.72. The zero-order valence-corrected chi connectivity index (χ0v) is 20.9. The van der Waals surface area contributed by atoms with Gasteiger partial charge in [-0.2, -0.15) is 5.10 Å². The van der Waals surface area contributed by atoms with Crippen LogP contribution in [0.1, 0.15) is 33.6 Å². The van der Waals surface area contributed by atoms with E-state index in [0.29, 0.717) is 30.4 Å². The number of halogens is 1. The van der Waals surface area contributed by atoms with E-state index < -0.39 is 5.91 Å². The summed E-state index contributed by atoms with van der Waals surface area (Å²) < 4.78 is 8.29. The standard InChI is InChI=1S/C26H25BrN6O2/c1-35-21-14-18(27)10-11-20(21)30-26-29-15-17-8-5-9-19-23(25(28)34)32-33(24(19)22(17)31-26)13-12-16-6-3-2-4-7-16/h2-4,6-7,10-11,14-15H,5,8-9,12-13H2,1H3,(H2,28,34)(H,29,30,31). The van der Waals surface area contributed by atoms with Crippen LogP contribution >= 0.6 is 15.9 Å². The summed E-state index contributed by atoms with van der Waals surface area (Å²) in [5.74, 6) is 0.589. The van der Waals surface area contributed by atoms with E-state index in [1.807, 2.05) is 47.3 Å². The zero-order valence-electron chi connectivity index (χ0n) is 19.3. The quantitative estimate of drug-likeness (QED) is 0.357. The van der Waals surface area contributed by atoms with Crippen molar-refractivity contribution in [3.05, 3.63) is 81.6 Å². The lowest BCUT2D eigenvalue weighted by molar-refractivity contribution is 0.0994. The minimum Gasteiger partial charge on any atom is -0.495 e. The number of fused-ring (bicyclic) bond motifs is 3. The minimum absolute atomic E-state index is 0.323. The second-order valence-electron chi connectivity index (χ2n) is 8.39. The van der Waals surface area contributed by atoms with Crippen molar-refractivity contribution in [3.8, 4) is 17.1 Å². The van der Waals surface area contributed by atoms with E-state index in [0.717, 1.165) is 51.9 Å². The molecular formula is C26H25BrN6O2. The molecular weight excluding hydrogens is 508 g/mol. The number of nitrogens with zero attached hydrogens (tertiary/aromatic N) is 4. The summed E-state index contributed by atoms with van der Waals surface area (Å²) in [6.07, 6.45) is 5.00. The Bertz CT molecular complexity index is 1390. The summed E-state index contributed by atoms with van der Waals surface area (Å²) in [5, 5.41) is 7.90. The normalized spacial score (nSPS) is 12.4. The van der Waals surface area contributed by atoms with Gasteiger partial charge in [-0.3, -0.25) is 9.48 Å². The highest BCUT2D eigenvalue weighted by Crippen LogP contribution is 2.35. The zero-order chi connectivity index (χ0) is 24.4. The van der Waals surface area contributed by atoms with Gasteiger partial charge < -0.3 is 15.8 Å². The first kappa shape index (κ1) is 23.0. The van der Waals surface area contributed by atoms with Crippen molar-refractivity contribution in [3.63, 3.8) is 0 Å². The Morgan fingerprint density at radius 3 is 2.80 bits per heavy atom. The van der Waals surface area contributed by atoms with Crippen LogP contribution < -0.4 is 15.8 Å². The van der Waals surface area contributed by atoms with Crippen molar-refractivity contribution < 1.29 is 9.53 Å². The molecule has 4 aromatic rings. The lowest BCUT2D eigenvalue weighted by Crippen LogP contribution is -2.14. The number of nitrogens with two attached hydrogens (primary N) is 1. The molecule has 2 heterocycles. The third-order valence-corrected chi connectivity index (χ3v) is 6.60. The molecule has 2 aromatic heterocycles. The highest BCUT2D eigenvalue weighted by atomic mass is 79.9. The lowest BCUT2D eigenvalue weighted by atomic mass is 10.1. The van der Waals surface area contributed by atoms with Crippen LogP contribution in [0.25, 0.3) is 11.4 Å². The molecule has 2 aromatic carbocycles. The number of anilines is 2. The van der Waals surface area contributed by atoms with Gasteiger partial charge in [0.2, 0.25) is 5.95 Å². The maximum Gasteiger partial charge on any atom is 0.269 e. The van der Waals surface area contributed by atoms with Crippen LogP contribution in [0.3, 0.4) is 0 Å². The average molecular weight is 533 g/mol. The SMILES string of the molecule is COc1cc(Br)ccc1Nc1ncc2c(n1)-c1c(c(C(N)=O)nn1CCc1ccccc1)CCC2. The molecule has 0 unspecified atom stereocenters. The molecule has 0 saturated carbocycles. The number of rotatable bonds is 7. The van der Waals surface area contributed by atoms with Gasteiger partial charge in [0.1, 0.15) is 5.75 Å². The number of hydrogen-bond acceptors (Lipinski definition) is 6. The predicted octanol–water partition coefficient (Wildman–Crippen LogP) is 4.69. The van der Waals surface area contributed by atoms with E-state index in [4.69, 9.17) is 15.5 Å². The van der Waals surface area contributed by atoms with Gasteiger partial charge in [0.05, 0.1) is 24.2 Å². The summed E-state index contributed by atoms with van der Waals surface area (Å²) in [6, 6.07) is 15.9. The summed E-state index contributed by atoms with van der Waals surface area (Å²) in [6.45, 7) is 0.604. The molecule has 1 amide bonds. The topological polar surface area (TPSA) is 108 Å². The Morgan fingerprint density at radius 1 is 1.20 bits per heavy atom. The van der Waals surface area contributed by atoms with Gasteiger partial charge >= 0.3 is 0 Å². The van der Waals surface area contributed by atoms with Crippen LogP contribution in [0, 0.1) is 0 Å². The summed E-state index contributed by atoms with van der Waals surface area (Å²) >= 11 is 3.47. The van der Waals surface area contributed by atoms with Crippen molar-refractivity contribution in [2.45, 2.75) is 32.2 Å². The van der Waals surface area contributed by atoms with Crippen LogP contribution in [0.5, 0.6) is 5.75 Å². The molecule has 0 saturated heterocycles. The van der Waals surface area contributed by atoms with Crippen molar-refractivity contribution in [2.24, 2.45) is 5.73 Å². The fourth-order valence-corrected chi connectivity index (χ4v) is 4.78. The monoisotopic (exact) mass is 532 g/mol. The number of aryl methyl sites for hydroxylation is 3. The van der Waals surface area contributed by atoms with Gasteiger partial charge in [-0.25, -0.2) is 9.97 Å². The smallest absolute Gasteiger partial charge is 0.269 e. The largest absolute Gasteiger partial charge is 0.495 e. The molecule has 0 radical (unpaired) electrons. The fraction of sp³-hybridized carbons (Fsp3) is 0.231. The van der Waals surface area contributed by atoms with E-state index in [1.54, 1.807) is 7.11 Å². The average Bonchev–Trinajstić information content (AvgIpc) is 3.13. The number of hydrogen-bond donors (Lipinski definition) is 2. The van der Waals surface area contributed by atoms with E-state index in [1.165, 1.54) is 5.56 Å². The Labute approximate surface area is 211 Å². The number of amides is 1. The fourth-order valence-electron chi connectivity index (χ4n) is 4.44. The van der Waals surface area contributed by atoms with Crippen LogP contribution in [0.4, 0.5) is 11.6 Å². The van der Waals surface area contributed by atoms with Crippen molar-refractivity contribution in [2.75, 3.05) is 12.4 Å². The van der Waals surface area contributed by atoms with E-state index in [9.17, 15) is 4.79 Å². The molecule has 5 rings (SSSR count). The first-order valence-corrected chi connectivity index (χ1v) is 12.2. The number of ether oxygens (including phenoxy) is 1. The molecule has 1 aliphatic rings. The summed E-state index contributed by atoms with van der Waals surface area (Å²) in [4.78, 5) is 21.7. The number of methoxy groups -OCH3 is 1. The van der Waals surface area contributed by atoms with E-state index in [2.05, 4.69) is 43.5 Å². The van der Waals surface area contributed by atoms with Crippen LogP contribution in [0.15, 0.2) is 59.2 Å². The van der Waals surface area contributed by atoms with Crippen LogP contribution in [0.2, 0.25) is 0 Å². The van der Waals surface area contributed by atoms with Crippen LogP contribution in [-0.4, -0.2) is 32.8 Å². The van der Waals surface area contributed by atoms with Gasteiger partial charge in [0.15, 0.2) is 5.69 Å². The molecule has 35 heavy (non-hydrogen) atoms. The Kier molecular flexibility index (Phi) is 6.50. The maximum atomic E-state index is 12.3. The molecule has 0 atom stereocenters. The first-order valence-electron chi connectivity index (χ1n) is 11.4. The van der Waals surface area contributed by atoms with Crippen molar-refractivity contribution >= 4 is 33.5 Å². The van der Waals surface area contributed by atoms with E-state index >= 15 is 0 Å². The number of carbonyl (C=O) groups excluding carboxylic acids is 1. The molecule has 1 aliphatic carbocycles. The van der Waals surface area contributed by atoms with Gasteiger partial charge in [-0.1, -0.05) is 46.3 Å². The second kappa shape index (κ2) is 9.87. The van der Waals surface area contributed by atoms with E-state index in [-0.39, 0.29) is 0 Å². The highest BCUT2D eigenvalue weighted by molar-refractivity contribution is 9.10. The number of nitrogens with one attached hydrogen (secondary N) is 1. The third-order valence-electron chi connectivity index (χ3n) is 6.11. The highest BCUT2D eigenvalue weighted by Gasteiger charge is 2.27. The number of benzene rings is 2. The van der Waals surface area contributed by atoms with Crippen molar-refractivity contribution in [1.29, 1.82) is 0 Å². The molecule has 0 bridgehead atoms. The summed E-state index contributed by atoms with van der Waals surface area (Å²) in [5.41, 5.74) is 11.5. The van der Waals surface area contributed by atoms with Crippen molar-refractivity contribution in [1.82, 2.24) is 19.7 Å². The second-order valence-corrected chi connectivity index (χ2v) is 9.31. The van der Waals surface area contributed by atoms with Gasteiger partial charge in [-0.05, 0) is 55.0 Å². The molecule has 0 fully saturated rings. The van der Waals surface area contributed by atoms with Gasteiger partial charge in [0, 0.05) is 22.8 Å².